The second-order valence-corrected chi connectivity index (χ2v) is 8.19. The molecule has 5 heteroatoms. The van der Waals surface area contributed by atoms with Gasteiger partial charge in [-0.3, -0.25) is 9.78 Å². The van der Waals surface area contributed by atoms with Gasteiger partial charge in [-0.1, -0.05) is 26.0 Å². The number of piperidine rings is 1. The molecule has 0 bridgehead atoms. The molecule has 0 aliphatic carbocycles. The van der Waals surface area contributed by atoms with Crippen LogP contribution in [0.1, 0.15) is 48.1 Å². The fourth-order valence-corrected chi connectivity index (χ4v) is 4.29. The number of pyridine rings is 1. The lowest BCUT2D eigenvalue weighted by Gasteiger charge is -2.37. The number of nitrogens with one attached hydrogen (secondary N) is 1. The van der Waals surface area contributed by atoms with Crippen LogP contribution < -0.4 is 5.32 Å². The van der Waals surface area contributed by atoms with Crippen molar-refractivity contribution in [2.24, 2.45) is 11.8 Å². The molecule has 0 unspecified atom stereocenters. The lowest BCUT2D eigenvalue weighted by atomic mass is 9.88. The number of amides is 1. The van der Waals surface area contributed by atoms with E-state index in [2.05, 4.69) is 29.0 Å². The maximum Gasteiger partial charge on any atom is 0.261 e. The van der Waals surface area contributed by atoms with Crippen molar-refractivity contribution in [1.29, 1.82) is 0 Å². The van der Waals surface area contributed by atoms with Crippen molar-refractivity contribution in [3.05, 3.63) is 52.5 Å². The Morgan fingerprint density at radius 3 is 2.92 bits per heavy atom. The lowest BCUT2D eigenvalue weighted by Crippen LogP contribution is -2.44. The Labute approximate surface area is 154 Å². The summed E-state index contributed by atoms with van der Waals surface area (Å²) in [6.45, 7) is 7.81. The lowest BCUT2D eigenvalue weighted by molar-refractivity contribution is 0.0875. The Morgan fingerprint density at radius 1 is 1.36 bits per heavy atom. The molecule has 25 heavy (non-hydrogen) atoms. The van der Waals surface area contributed by atoms with Gasteiger partial charge in [0.25, 0.3) is 5.91 Å². The molecule has 2 aromatic heterocycles. The molecular weight excluding hydrogens is 330 g/mol. The third-order valence-corrected chi connectivity index (χ3v) is 5.54. The van der Waals surface area contributed by atoms with Crippen LogP contribution in [-0.2, 0) is 0 Å². The molecular formula is C20H27N3OS. The molecule has 1 fully saturated rings. The van der Waals surface area contributed by atoms with Crippen molar-refractivity contribution in [2.75, 3.05) is 19.6 Å². The summed E-state index contributed by atoms with van der Waals surface area (Å²) >= 11 is 1.48. The minimum atomic E-state index is -0.0363. The molecule has 4 nitrogen and oxygen atoms in total. The molecule has 0 spiro atoms. The quantitative estimate of drug-likeness (QED) is 0.850. The largest absolute Gasteiger partial charge is 0.343 e. The highest BCUT2D eigenvalue weighted by molar-refractivity contribution is 7.12. The average molecular weight is 358 g/mol. The second-order valence-electron chi connectivity index (χ2n) is 7.24. The minimum absolute atomic E-state index is 0.00614. The molecule has 1 saturated heterocycles. The van der Waals surface area contributed by atoms with E-state index in [1.807, 2.05) is 41.9 Å². The van der Waals surface area contributed by atoms with Crippen molar-refractivity contribution < 1.29 is 4.79 Å². The van der Waals surface area contributed by atoms with Crippen LogP contribution in [0.15, 0.2) is 41.9 Å². The van der Waals surface area contributed by atoms with Crippen LogP contribution >= 0.6 is 11.3 Å². The summed E-state index contributed by atoms with van der Waals surface area (Å²) in [5, 5.41) is 5.20. The number of aromatic nitrogens is 1. The Morgan fingerprint density at radius 2 is 2.24 bits per heavy atom. The van der Waals surface area contributed by atoms with Gasteiger partial charge in [0.15, 0.2) is 0 Å². The molecule has 0 aromatic carbocycles. The number of nitrogens with zero attached hydrogens (tertiary/aromatic N) is 2. The van der Waals surface area contributed by atoms with E-state index in [1.54, 1.807) is 0 Å². The van der Waals surface area contributed by atoms with E-state index in [-0.39, 0.29) is 11.9 Å². The highest BCUT2D eigenvalue weighted by Crippen LogP contribution is 2.30. The molecule has 1 N–H and O–H groups in total. The number of thiophene rings is 1. The number of hydrogen-bond acceptors (Lipinski definition) is 4. The highest BCUT2D eigenvalue weighted by Gasteiger charge is 2.30. The van der Waals surface area contributed by atoms with Crippen LogP contribution in [0.3, 0.4) is 0 Å². The van der Waals surface area contributed by atoms with Crippen molar-refractivity contribution >= 4 is 17.2 Å². The molecule has 1 aliphatic heterocycles. The number of carbonyl (C=O) groups is 1. The van der Waals surface area contributed by atoms with Gasteiger partial charge in [0.2, 0.25) is 0 Å². The SMILES string of the molecule is CC(C)CN1CCC[C@H]([C@H](NC(=O)c2cccs2)c2ccccn2)C1. The van der Waals surface area contributed by atoms with E-state index in [1.165, 1.54) is 17.8 Å². The smallest absolute Gasteiger partial charge is 0.261 e. The van der Waals surface area contributed by atoms with Crippen LogP contribution in [0.2, 0.25) is 0 Å². The number of likely N-dealkylation sites (tertiary alicyclic amines) is 1. The number of carbonyl (C=O) groups excluding carboxylic acids is 1. The highest BCUT2D eigenvalue weighted by atomic mass is 32.1. The molecule has 3 heterocycles. The molecule has 2 aromatic rings. The maximum atomic E-state index is 12.6. The summed E-state index contributed by atoms with van der Waals surface area (Å²) in [6.07, 6.45) is 4.12. The average Bonchev–Trinajstić information content (AvgIpc) is 3.15. The molecule has 2 atom stereocenters. The molecule has 134 valence electrons. The standard InChI is InChI=1S/C20H27N3OS/c1-15(2)13-23-11-5-7-16(14-23)19(17-8-3-4-10-21-17)22-20(24)18-9-6-12-25-18/h3-4,6,8-10,12,15-16,19H,5,7,11,13-14H2,1-2H3,(H,22,24)/t16-,19-/m0/s1. The van der Waals surface area contributed by atoms with Gasteiger partial charge in [0, 0.05) is 19.3 Å². The zero-order valence-corrected chi connectivity index (χ0v) is 15.8. The first-order chi connectivity index (χ1) is 12.1. The fraction of sp³-hybridized carbons (Fsp3) is 0.500. The van der Waals surface area contributed by atoms with Gasteiger partial charge in [-0.15, -0.1) is 11.3 Å². The van der Waals surface area contributed by atoms with E-state index >= 15 is 0 Å². The van der Waals surface area contributed by atoms with Crippen molar-refractivity contribution in [2.45, 2.75) is 32.7 Å². The first kappa shape index (κ1) is 18.1. The van der Waals surface area contributed by atoms with Gasteiger partial charge in [0.1, 0.15) is 0 Å². The molecule has 1 amide bonds. The Bertz CT molecular complexity index is 657. The predicted molar refractivity (Wildman–Crippen MR) is 103 cm³/mol. The van der Waals surface area contributed by atoms with Crippen LogP contribution in [0.4, 0.5) is 0 Å². The van der Waals surface area contributed by atoms with Gasteiger partial charge in [-0.2, -0.15) is 0 Å². The van der Waals surface area contributed by atoms with E-state index < -0.39 is 0 Å². The summed E-state index contributed by atoms with van der Waals surface area (Å²) < 4.78 is 0. The normalized spacial score (nSPS) is 19.7. The third kappa shape index (κ3) is 4.89. The van der Waals surface area contributed by atoms with E-state index in [4.69, 9.17) is 0 Å². The fourth-order valence-electron chi connectivity index (χ4n) is 3.66. The van der Waals surface area contributed by atoms with E-state index in [0.717, 1.165) is 36.6 Å². The summed E-state index contributed by atoms with van der Waals surface area (Å²) in [6, 6.07) is 9.71. The molecule has 0 saturated carbocycles. The molecule has 3 rings (SSSR count). The zero-order chi connectivity index (χ0) is 17.6. The van der Waals surface area contributed by atoms with E-state index in [9.17, 15) is 4.79 Å². The van der Waals surface area contributed by atoms with Gasteiger partial charge in [-0.25, -0.2) is 0 Å². The van der Waals surface area contributed by atoms with Crippen molar-refractivity contribution in [3.8, 4) is 0 Å². The second kappa shape index (κ2) is 8.59. The zero-order valence-electron chi connectivity index (χ0n) is 15.0. The van der Waals surface area contributed by atoms with E-state index in [0.29, 0.717) is 11.8 Å². The van der Waals surface area contributed by atoms with Crippen LogP contribution in [-0.4, -0.2) is 35.4 Å². The Kier molecular flexibility index (Phi) is 6.21. The number of hydrogen-bond donors (Lipinski definition) is 1. The Hall–Kier alpha value is -1.72. The number of rotatable bonds is 6. The Balaban J connectivity index is 1.77. The first-order valence-electron chi connectivity index (χ1n) is 9.11. The summed E-state index contributed by atoms with van der Waals surface area (Å²) in [5.74, 6) is 1.06. The molecule has 0 radical (unpaired) electrons. The van der Waals surface area contributed by atoms with Gasteiger partial charge in [-0.05, 0) is 54.8 Å². The molecule has 1 aliphatic rings. The van der Waals surface area contributed by atoms with Gasteiger partial charge in [0.05, 0.1) is 16.6 Å². The third-order valence-electron chi connectivity index (χ3n) is 4.67. The van der Waals surface area contributed by atoms with Crippen molar-refractivity contribution in [1.82, 2.24) is 15.2 Å². The summed E-state index contributed by atoms with van der Waals surface area (Å²) in [5.41, 5.74) is 0.962. The van der Waals surface area contributed by atoms with Crippen LogP contribution in [0, 0.1) is 11.8 Å². The predicted octanol–water partition coefficient (Wildman–Crippen LogP) is 3.98. The van der Waals surface area contributed by atoms with Gasteiger partial charge < -0.3 is 10.2 Å². The van der Waals surface area contributed by atoms with Crippen LogP contribution in [0.5, 0.6) is 0 Å². The first-order valence-corrected chi connectivity index (χ1v) is 9.99. The topological polar surface area (TPSA) is 45.2 Å². The summed E-state index contributed by atoms with van der Waals surface area (Å²) in [7, 11) is 0. The maximum absolute atomic E-state index is 12.6. The van der Waals surface area contributed by atoms with Gasteiger partial charge >= 0.3 is 0 Å². The summed E-state index contributed by atoms with van der Waals surface area (Å²) in [4.78, 5) is 20.5. The van der Waals surface area contributed by atoms with Crippen LogP contribution in [0.25, 0.3) is 0 Å². The van der Waals surface area contributed by atoms with Crippen molar-refractivity contribution in [3.63, 3.8) is 0 Å². The minimum Gasteiger partial charge on any atom is -0.343 e. The monoisotopic (exact) mass is 357 g/mol.